The molecule has 0 aromatic heterocycles. The average Bonchev–Trinajstić information content (AvgIpc) is 2.41. The van der Waals surface area contributed by atoms with Crippen molar-refractivity contribution in [3.63, 3.8) is 0 Å². The van der Waals surface area contributed by atoms with Gasteiger partial charge in [0.25, 0.3) is 0 Å². The zero-order valence-electron chi connectivity index (χ0n) is 11.3. The first-order chi connectivity index (χ1) is 9.22. The second kappa shape index (κ2) is 6.98. The number of nitrogens with two attached hydrogens (primary N) is 1. The van der Waals surface area contributed by atoms with Gasteiger partial charge in [0.05, 0.1) is 0 Å². The summed E-state index contributed by atoms with van der Waals surface area (Å²) in [5, 5.41) is 9.03. The molecule has 1 aromatic rings. The molecule has 4 heteroatoms. The van der Waals surface area contributed by atoms with E-state index in [-0.39, 0.29) is 12.4 Å². The van der Waals surface area contributed by atoms with Gasteiger partial charge in [-0.25, -0.2) is 4.39 Å². The first-order valence-corrected chi connectivity index (χ1v) is 7.03. The predicted molar refractivity (Wildman–Crippen MR) is 74.0 cm³/mol. The molecule has 0 aliphatic carbocycles. The number of piperidine rings is 1. The van der Waals surface area contributed by atoms with Gasteiger partial charge in [0.15, 0.2) is 0 Å². The third kappa shape index (κ3) is 4.00. The van der Waals surface area contributed by atoms with Crippen molar-refractivity contribution in [3.05, 3.63) is 35.1 Å². The molecule has 106 valence electrons. The number of likely N-dealkylation sites (tertiary alicyclic amines) is 1. The number of aliphatic hydroxyl groups excluding tert-OH is 1. The Morgan fingerprint density at radius 1 is 1.37 bits per heavy atom. The zero-order chi connectivity index (χ0) is 13.7. The Labute approximate surface area is 114 Å². The van der Waals surface area contributed by atoms with E-state index in [1.54, 1.807) is 0 Å². The van der Waals surface area contributed by atoms with Crippen LogP contribution in [0.1, 0.15) is 30.4 Å². The van der Waals surface area contributed by atoms with Crippen molar-refractivity contribution >= 4 is 0 Å². The maximum Gasteiger partial charge on any atom is 0.123 e. The van der Waals surface area contributed by atoms with Gasteiger partial charge in [-0.15, -0.1) is 0 Å². The minimum Gasteiger partial charge on any atom is -0.396 e. The van der Waals surface area contributed by atoms with Crippen LogP contribution >= 0.6 is 0 Å². The molecule has 3 nitrogen and oxygen atoms in total. The Hall–Kier alpha value is -0.970. The average molecular weight is 266 g/mol. The second-order valence-electron chi connectivity index (χ2n) is 5.37. The normalized spacial score (nSPS) is 20.7. The smallest absolute Gasteiger partial charge is 0.123 e. The second-order valence-corrected chi connectivity index (χ2v) is 5.37. The van der Waals surface area contributed by atoms with Gasteiger partial charge in [-0.3, -0.25) is 4.90 Å². The number of rotatable bonds is 5. The van der Waals surface area contributed by atoms with Crippen LogP contribution in [-0.2, 0) is 13.1 Å². The lowest BCUT2D eigenvalue weighted by Gasteiger charge is -2.33. The van der Waals surface area contributed by atoms with E-state index < -0.39 is 0 Å². The van der Waals surface area contributed by atoms with Crippen LogP contribution < -0.4 is 5.73 Å². The van der Waals surface area contributed by atoms with Crippen molar-refractivity contribution in [1.29, 1.82) is 0 Å². The Kier molecular flexibility index (Phi) is 5.31. The van der Waals surface area contributed by atoms with E-state index in [0.717, 1.165) is 37.2 Å². The first kappa shape index (κ1) is 14.4. The molecule has 1 unspecified atom stereocenters. The summed E-state index contributed by atoms with van der Waals surface area (Å²) in [6.07, 6.45) is 3.25. The summed E-state index contributed by atoms with van der Waals surface area (Å²) in [7, 11) is 0. The van der Waals surface area contributed by atoms with E-state index in [1.165, 1.54) is 25.0 Å². The lowest BCUT2D eigenvalue weighted by molar-refractivity contribution is 0.142. The Bertz CT molecular complexity index is 409. The predicted octanol–water partition coefficient (Wildman–Crippen LogP) is 1.88. The largest absolute Gasteiger partial charge is 0.396 e. The van der Waals surface area contributed by atoms with Crippen molar-refractivity contribution < 1.29 is 9.50 Å². The molecule has 1 fully saturated rings. The molecular weight excluding hydrogens is 243 g/mol. The van der Waals surface area contributed by atoms with E-state index in [2.05, 4.69) is 4.90 Å². The van der Waals surface area contributed by atoms with Crippen LogP contribution in [0.4, 0.5) is 4.39 Å². The van der Waals surface area contributed by atoms with Gasteiger partial charge in [-0.05, 0) is 55.0 Å². The molecule has 0 amide bonds. The van der Waals surface area contributed by atoms with Crippen LogP contribution in [0.3, 0.4) is 0 Å². The molecule has 0 bridgehead atoms. The maximum absolute atomic E-state index is 13.2. The van der Waals surface area contributed by atoms with Gasteiger partial charge in [0.1, 0.15) is 5.82 Å². The molecule has 19 heavy (non-hydrogen) atoms. The molecule has 1 aliphatic heterocycles. The number of hydrogen-bond donors (Lipinski definition) is 2. The van der Waals surface area contributed by atoms with Gasteiger partial charge in [0, 0.05) is 26.2 Å². The number of hydrogen-bond acceptors (Lipinski definition) is 3. The van der Waals surface area contributed by atoms with Crippen LogP contribution in [0.15, 0.2) is 18.2 Å². The third-order valence-electron chi connectivity index (χ3n) is 3.92. The van der Waals surface area contributed by atoms with E-state index in [9.17, 15) is 4.39 Å². The van der Waals surface area contributed by atoms with Crippen molar-refractivity contribution in [2.45, 2.75) is 32.4 Å². The van der Waals surface area contributed by atoms with Crippen molar-refractivity contribution in [2.75, 3.05) is 19.7 Å². The quantitative estimate of drug-likeness (QED) is 0.855. The number of benzene rings is 1. The SMILES string of the molecule is NCc1cc(F)ccc1CN1CCCC(CCO)C1. The molecular formula is C15H23FN2O. The number of halogens is 1. The summed E-state index contributed by atoms with van der Waals surface area (Å²) in [4.78, 5) is 2.39. The molecule has 0 spiro atoms. The molecule has 0 saturated carbocycles. The zero-order valence-corrected chi connectivity index (χ0v) is 11.3. The molecule has 1 heterocycles. The highest BCUT2D eigenvalue weighted by Gasteiger charge is 2.20. The van der Waals surface area contributed by atoms with Crippen LogP contribution in [0.2, 0.25) is 0 Å². The van der Waals surface area contributed by atoms with Crippen LogP contribution in [0.25, 0.3) is 0 Å². The van der Waals surface area contributed by atoms with Gasteiger partial charge in [-0.1, -0.05) is 6.07 Å². The van der Waals surface area contributed by atoms with E-state index in [0.29, 0.717) is 12.5 Å². The molecule has 1 aromatic carbocycles. The molecule has 1 saturated heterocycles. The Morgan fingerprint density at radius 3 is 2.95 bits per heavy atom. The lowest BCUT2D eigenvalue weighted by atomic mass is 9.94. The summed E-state index contributed by atoms with van der Waals surface area (Å²) in [6.45, 7) is 3.56. The van der Waals surface area contributed by atoms with Crippen molar-refractivity contribution in [3.8, 4) is 0 Å². The minimum absolute atomic E-state index is 0.221. The number of nitrogens with zero attached hydrogens (tertiary/aromatic N) is 1. The summed E-state index contributed by atoms with van der Waals surface area (Å²) in [5.74, 6) is 0.363. The van der Waals surface area contributed by atoms with Crippen LogP contribution in [0.5, 0.6) is 0 Å². The van der Waals surface area contributed by atoms with E-state index in [4.69, 9.17) is 10.8 Å². The third-order valence-corrected chi connectivity index (χ3v) is 3.92. The fourth-order valence-electron chi connectivity index (χ4n) is 2.89. The van der Waals surface area contributed by atoms with Gasteiger partial charge >= 0.3 is 0 Å². The molecule has 1 aliphatic rings. The van der Waals surface area contributed by atoms with Crippen LogP contribution in [0, 0.1) is 11.7 Å². The highest BCUT2D eigenvalue weighted by atomic mass is 19.1. The Morgan fingerprint density at radius 2 is 2.21 bits per heavy atom. The van der Waals surface area contributed by atoms with Crippen molar-refractivity contribution in [1.82, 2.24) is 4.90 Å². The first-order valence-electron chi connectivity index (χ1n) is 7.03. The fourth-order valence-corrected chi connectivity index (χ4v) is 2.89. The summed E-state index contributed by atoms with van der Waals surface area (Å²) < 4.78 is 13.2. The summed E-state index contributed by atoms with van der Waals surface area (Å²) in [5.41, 5.74) is 7.69. The highest BCUT2D eigenvalue weighted by molar-refractivity contribution is 5.27. The summed E-state index contributed by atoms with van der Waals surface area (Å²) in [6, 6.07) is 4.88. The lowest BCUT2D eigenvalue weighted by Crippen LogP contribution is -2.35. The monoisotopic (exact) mass is 266 g/mol. The van der Waals surface area contributed by atoms with Gasteiger partial charge in [-0.2, -0.15) is 0 Å². The molecule has 2 rings (SSSR count). The number of aliphatic hydroxyl groups is 1. The standard InChI is InChI=1S/C15H23FN2O/c16-15-4-3-13(14(8-15)9-17)11-18-6-1-2-12(10-18)5-7-19/h3-4,8,12,19H,1-2,5-7,9-11,17H2. The van der Waals surface area contributed by atoms with Crippen molar-refractivity contribution in [2.24, 2.45) is 11.7 Å². The van der Waals surface area contributed by atoms with Crippen LogP contribution in [-0.4, -0.2) is 29.7 Å². The minimum atomic E-state index is -0.221. The molecule has 1 atom stereocenters. The molecule has 0 radical (unpaired) electrons. The maximum atomic E-state index is 13.2. The van der Waals surface area contributed by atoms with E-state index in [1.807, 2.05) is 6.07 Å². The highest BCUT2D eigenvalue weighted by Crippen LogP contribution is 2.22. The summed E-state index contributed by atoms with van der Waals surface area (Å²) >= 11 is 0. The topological polar surface area (TPSA) is 49.5 Å². The Balaban J connectivity index is 2.00. The van der Waals surface area contributed by atoms with E-state index >= 15 is 0 Å². The fraction of sp³-hybridized carbons (Fsp3) is 0.600. The van der Waals surface area contributed by atoms with Gasteiger partial charge < -0.3 is 10.8 Å². The van der Waals surface area contributed by atoms with Gasteiger partial charge in [0.2, 0.25) is 0 Å². The molecule has 3 N–H and O–H groups in total.